The molecule has 0 unspecified atom stereocenters. The predicted octanol–water partition coefficient (Wildman–Crippen LogP) is 3.85. The molecule has 1 aliphatic heterocycles. The van der Waals surface area contributed by atoms with Crippen LogP contribution in [0.4, 0.5) is 0 Å². The van der Waals surface area contributed by atoms with Gasteiger partial charge in [-0.2, -0.15) is 4.31 Å². The summed E-state index contributed by atoms with van der Waals surface area (Å²) in [5.74, 6) is -0.290. The minimum Gasteiger partial charge on any atom is -0.351 e. The highest BCUT2D eigenvalue weighted by Gasteiger charge is 2.37. The van der Waals surface area contributed by atoms with Crippen LogP contribution in [0.2, 0.25) is 10.0 Å². The highest BCUT2D eigenvalue weighted by molar-refractivity contribution is 7.89. The second kappa shape index (κ2) is 8.61. The molecular weight excluding hydrogens is 407 g/mol. The molecule has 8 heteroatoms. The lowest BCUT2D eigenvalue weighted by Gasteiger charge is -2.33. The van der Waals surface area contributed by atoms with Gasteiger partial charge in [-0.1, -0.05) is 41.8 Å². The van der Waals surface area contributed by atoms with Gasteiger partial charge in [0, 0.05) is 23.1 Å². The second-order valence-corrected chi connectivity index (χ2v) is 9.19. The van der Waals surface area contributed by atoms with Crippen molar-refractivity contribution in [2.75, 3.05) is 6.54 Å². The number of carbonyl (C=O) groups is 1. The molecule has 1 saturated heterocycles. The van der Waals surface area contributed by atoms with Gasteiger partial charge < -0.3 is 5.32 Å². The van der Waals surface area contributed by atoms with Crippen molar-refractivity contribution in [3.63, 3.8) is 0 Å². The highest BCUT2D eigenvalue weighted by Crippen LogP contribution is 2.26. The summed E-state index contributed by atoms with van der Waals surface area (Å²) in [6.07, 6.45) is 2.04. The van der Waals surface area contributed by atoms with Gasteiger partial charge in [0.05, 0.1) is 4.90 Å². The number of halogens is 2. The van der Waals surface area contributed by atoms with E-state index in [2.05, 4.69) is 5.32 Å². The Morgan fingerprint density at radius 1 is 1.00 bits per heavy atom. The summed E-state index contributed by atoms with van der Waals surface area (Å²) in [7, 11) is -3.77. The summed E-state index contributed by atoms with van der Waals surface area (Å²) in [6.45, 7) is 0.644. The lowest BCUT2D eigenvalue weighted by atomic mass is 10.0. The molecule has 2 aromatic carbocycles. The van der Waals surface area contributed by atoms with Crippen LogP contribution >= 0.6 is 23.2 Å². The molecule has 2 aromatic rings. The molecule has 0 spiro atoms. The lowest BCUT2D eigenvalue weighted by molar-refractivity contribution is -0.125. The van der Waals surface area contributed by atoms with Gasteiger partial charge in [0.15, 0.2) is 0 Å². The van der Waals surface area contributed by atoms with Crippen LogP contribution in [0.25, 0.3) is 0 Å². The average molecular weight is 427 g/mol. The number of nitrogens with one attached hydrogen (secondary N) is 1. The normalized spacial score (nSPS) is 18.2. The Balaban J connectivity index is 1.75. The van der Waals surface area contributed by atoms with Crippen LogP contribution in [-0.2, 0) is 21.4 Å². The van der Waals surface area contributed by atoms with Crippen molar-refractivity contribution in [2.45, 2.75) is 36.7 Å². The van der Waals surface area contributed by atoms with Gasteiger partial charge in [-0.05, 0) is 54.8 Å². The Kier molecular flexibility index (Phi) is 6.42. The van der Waals surface area contributed by atoms with Gasteiger partial charge in [-0.15, -0.1) is 0 Å². The minimum absolute atomic E-state index is 0.143. The third-order valence-corrected chi connectivity index (χ3v) is 6.98. The van der Waals surface area contributed by atoms with Gasteiger partial charge in [0.25, 0.3) is 0 Å². The van der Waals surface area contributed by atoms with E-state index in [1.807, 2.05) is 12.1 Å². The molecule has 1 amide bonds. The van der Waals surface area contributed by atoms with Crippen LogP contribution in [0.1, 0.15) is 24.8 Å². The molecule has 1 aliphatic rings. The van der Waals surface area contributed by atoms with Crippen LogP contribution in [0.15, 0.2) is 53.4 Å². The van der Waals surface area contributed by atoms with E-state index in [1.54, 1.807) is 12.1 Å². The van der Waals surface area contributed by atoms with Gasteiger partial charge in [0.2, 0.25) is 15.9 Å². The summed E-state index contributed by atoms with van der Waals surface area (Å²) in [4.78, 5) is 12.9. The van der Waals surface area contributed by atoms with Gasteiger partial charge in [-0.3, -0.25) is 4.79 Å². The molecule has 1 fully saturated rings. The maximum absolute atomic E-state index is 13.0. The van der Waals surface area contributed by atoms with Crippen molar-refractivity contribution in [1.29, 1.82) is 0 Å². The molecule has 0 radical (unpaired) electrons. The lowest BCUT2D eigenvalue weighted by Crippen LogP contribution is -2.51. The summed E-state index contributed by atoms with van der Waals surface area (Å²) in [6, 6.07) is 12.4. The Morgan fingerprint density at radius 3 is 2.22 bits per heavy atom. The Bertz CT molecular complexity index is 900. The molecule has 144 valence electrons. The van der Waals surface area contributed by atoms with E-state index >= 15 is 0 Å². The largest absolute Gasteiger partial charge is 0.351 e. The zero-order valence-electron chi connectivity index (χ0n) is 14.6. The summed E-state index contributed by atoms with van der Waals surface area (Å²) in [5, 5.41) is 3.93. The molecule has 5 nitrogen and oxygen atoms in total. The minimum atomic E-state index is -3.77. The number of amides is 1. The summed E-state index contributed by atoms with van der Waals surface area (Å²) >= 11 is 11.7. The number of hydrogen-bond acceptors (Lipinski definition) is 3. The second-order valence-electron chi connectivity index (χ2n) is 6.43. The number of rotatable bonds is 5. The van der Waals surface area contributed by atoms with Crippen molar-refractivity contribution in [2.24, 2.45) is 0 Å². The van der Waals surface area contributed by atoms with E-state index in [0.29, 0.717) is 29.6 Å². The van der Waals surface area contributed by atoms with Crippen molar-refractivity contribution < 1.29 is 13.2 Å². The monoisotopic (exact) mass is 426 g/mol. The van der Waals surface area contributed by atoms with E-state index < -0.39 is 16.1 Å². The first-order valence-corrected chi connectivity index (χ1v) is 10.9. The van der Waals surface area contributed by atoms with E-state index in [0.717, 1.165) is 18.4 Å². The Labute approximate surface area is 169 Å². The van der Waals surface area contributed by atoms with Crippen molar-refractivity contribution in [3.8, 4) is 0 Å². The van der Waals surface area contributed by atoms with Crippen LogP contribution in [-0.4, -0.2) is 31.2 Å². The Morgan fingerprint density at radius 2 is 1.59 bits per heavy atom. The maximum Gasteiger partial charge on any atom is 0.243 e. The van der Waals surface area contributed by atoms with Crippen LogP contribution < -0.4 is 5.32 Å². The molecule has 27 heavy (non-hydrogen) atoms. The fourth-order valence-corrected chi connectivity index (χ4v) is 5.01. The number of benzene rings is 2. The number of carbonyl (C=O) groups excluding carboxylic acids is 1. The fraction of sp³-hybridized carbons (Fsp3) is 0.316. The standard InChI is InChI=1S/C19H20Cl2N2O3S/c20-15-6-4-14(5-7-15)13-22-19(24)18-3-1-2-12-23(18)27(25,26)17-10-8-16(21)9-11-17/h4-11,18H,1-3,12-13H2,(H,22,24)/t18-/m0/s1. The van der Waals surface area contributed by atoms with Crippen molar-refractivity contribution >= 4 is 39.1 Å². The smallest absolute Gasteiger partial charge is 0.243 e. The summed E-state index contributed by atoms with van der Waals surface area (Å²) < 4.78 is 27.3. The quantitative estimate of drug-likeness (QED) is 0.788. The topological polar surface area (TPSA) is 66.5 Å². The van der Waals surface area contributed by atoms with Gasteiger partial charge in [0.1, 0.15) is 6.04 Å². The maximum atomic E-state index is 13.0. The molecule has 0 bridgehead atoms. The number of sulfonamides is 1. The number of hydrogen-bond donors (Lipinski definition) is 1. The number of piperidine rings is 1. The Hall–Kier alpha value is -1.60. The fourth-order valence-electron chi connectivity index (χ4n) is 3.11. The summed E-state index contributed by atoms with van der Waals surface area (Å²) in [5.41, 5.74) is 0.899. The van der Waals surface area contributed by atoms with Crippen LogP contribution in [0, 0.1) is 0 Å². The molecule has 0 saturated carbocycles. The first-order chi connectivity index (χ1) is 12.9. The predicted molar refractivity (Wildman–Crippen MR) is 106 cm³/mol. The third kappa shape index (κ3) is 4.82. The van der Waals surface area contributed by atoms with E-state index in [1.165, 1.54) is 28.6 Å². The molecule has 0 aliphatic carbocycles. The molecular formula is C19H20Cl2N2O3S. The zero-order chi connectivity index (χ0) is 19.4. The van der Waals surface area contributed by atoms with E-state index in [9.17, 15) is 13.2 Å². The zero-order valence-corrected chi connectivity index (χ0v) is 16.9. The highest BCUT2D eigenvalue weighted by atomic mass is 35.5. The molecule has 1 heterocycles. The first-order valence-electron chi connectivity index (χ1n) is 8.67. The molecule has 1 atom stereocenters. The first kappa shape index (κ1) is 20.1. The average Bonchev–Trinajstić information content (AvgIpc) is 2.67. The third-order valence-electron chi connectivity index (χ3n) is 4.56. The van der Waals surface area contributed by atoms with Gasteiger partial charge in [-0.25, -0.2) is 8.42 Å². The van der Waals surface area contributed by atoms with E-state index in [-0.39, 0.29) is 10.8 Å². The van der Waals surface area contributed by atoms with Gasteiger partial charge >= 0.3 is 0 Å². The molecule has 1 N–H and O–H groups in total. The van der Waals surface area contributed by atoms with Crippen LogP contribution in [0.3, 0.4) is 0 Å². The number of nitrogens with zero attached hydrogens (tertiary/aromatic N) is 1. The molecule has 0 aromatic heterocycles. The van der Waals surface area contributed by atoms with E-state index in [4.69, 9.17) is 23.2 Å². The van der Waals surface area contributed by atoms with Crippen LogP contribution in [0.5, 0.6) is 0 Å². The SMILES string of the molecule is O=C(NCc1ccc(Cl)cc1)[C@@H]1CCCCN1S(=O)(=O)c1ccc(Cl)cc1. The molecule has 3 rings (SSSR count). The van der Waals surface area contributed by atoms with Crippen molar-refractivity contribution in [3.05, 3.63) is 64.1 Å². The van der Waals surface area contributed by atoms with Crippen molar-refractivity contribution in [1.82, 2.24) is 9.62 Å².